The molecular formula is C9H13N3O. The second-order valence-corrected chi connectivity index (χ2v) is 3.30. The van der Waals surface area contributed by atoms with Gasteiger partial charge in [0.05, 0.1) is 0 Å². The number of anilines is 1. The number of fused-ring (bicyclic) bond motifs is 1. The number of rotatable bonds is 1. The van der Waals surface area contributed by atoms with Gasteiger partial charge in [0.1, 0.15) is 5.82 Å². The van der Waals surface area contributed by atoms with Gasteiger partial charge in [-0.3, -0.25) is 9.36 Å². The summed E-state index contributed by atoms with van der Waals surface area (Å²) >= 11 is 0. The van der Waals surface area contributed by atoms with E-state index in [1.807, 2.05) is 13.1 Å². The lowest BCUT2D eigenvalue weighted by molar-refractivity contribution is 0.760. The first-order valence-electron chi connectivity index (χ1n) is 4.38. The number of hydrogen-bond donors (Lipinski definition) is 1. The van der Waals surface area contributed by atoms with Crippen LogP contribution in [0.3, 0.4) is 0 Å². The molecule has 2 heterocycles. The molecule has 4 heteroatoms. The minimum Gasteiger partial charge on any atom is -0.359 e. The Bertz CT molecular complexity index is 383. The number of likely N-dealkylation sites (N-methyl/N-ethyl adjacent to an activating group) is 1. The lowest BCUT2D eigenvalue weighted by atomic mass is 10.2. The molecule has 0 aromatic carbocycles. The Hall–Kier alpha value is -1.29. The molecule has 0 bridgehead atoms. The summed E-state index contributed by atoms with van der Waals surface area (Å²) in [5, 5.41) is 0. The third kappa shape index (κ3) is 1.14. The fourth-order valence-electron chi connectivity index (χ4n) is 1.80. The molecule has 0 aliphatic carbocycles. The first kappa shape index (κ1) is 8.31. The van der Waals surface area contributed by atoms with E-state index >= 15 is 0 Å². The Morgan fingerprint density at radius 2 is 2.23 bits per heavy atom. The number of aromatic nitrogens is 1. The van der Waals surface area contributed by atoms with Crippen LogP contribution in [-0.2, 0) is 13.1 Å². The molecule has 0 fully saturated rings. The van der Waals surface area contributed by atoms with E-state index in [0.717, 1.165) is 24.5 Å². The minimum atomic E-state index is 0.0663. The molecule has 1 aromatic rings. The first-order valence-corrected chi connectivity index (χ1v) is 4.38. The summed E-state index contributed by atoms with van der Waals surface area (Å²) < 4.78 is 1.78. The summed E-state index contributed by atoms with van der Waals surface area (Å²) in [5.41, 5.74) is 6.70. The van der Waals surface area contributed by atoms with Gasteiger partial charge < -0.3 is 10.6 Å². The molecule has 1 aliphatic heterocycles. The van der Waals surface area contributed by atoms with Crippen LogP contribution in [0.25, 0.3) is 0 Å². The van der Waals surface area contributed by atoms with Crippen LogP contribution < -0.4 is 16.2 Å². The molecule has 0 atom stereocenters. The molecule has 0 spiro atoms. The average molecular weight is 179 g/mol. The molecule has 0 saturated carbocycles. The molecule has 13 heavy (non-hydrogen) atoms. The van der Waals surface area contributed by atoms with Gasteiger partial charge in [0.25, 0.3) is 5.56 Å². The van der Waals surface area contributed by atoms with Crippen LogP contribution in [-0.4, -0.2) is 18.2 Å². The van der Waals surface area contributed by atoms with E-state index in [-0.39, 0.29) is 5.56 Å². The fourth-order valence-corrected chi connectivity index (χ4v) is 1.80. The molecule has 1 aromatic heterocycles. The Balaban J connectivity index is 2.67. The Morgan fingerprint density at radius 3 is 2.92 bits per heavy atom. The molecular weight excluding hydrogens is 166 g/mol. The summed E-state index contributed by atoms with van der Waals surface area (Å²) in [5.74, 6) is 0.981. The van der Waals surface area contributed by atoms with Crippen molar-refractivity contribution in [2.75, 3.05) is 18.5 Å². The summed E-state index contributed by atoms with van der Waals surface area (Å²) in [6, 6.07) is 3.40. The van der Waals surface area contributed by atoms with Crippen LogP contribution in [0.1, 0.15) is 5.56 Å². The van der Waals surface area contributed by atoms with Gasteiger partial charge in [-0.2, -0.15) is 0 Å². The molecule has 0 saturated heterocycles. The maximum absolute atomic E-state index is 11.4. The summed E-state index contributed by atoms with van der Waals surface area (Å²) in [4.78, 5) is 13.5. The smallest absolute Gasteiger partial charge is 0.252 e. The third-order valence-electron chi connectivity index (χ3n) is 2.48. The molecule has 4 nitrogen and oxygen atoms in total. The van der Waals surface area contributed by atoms with Crippen LogP contribution in [0.15, 0.2) is 16.9 Å². The molecule has 2 N–H and O–H groups in total. The highest BCUT2D eigenvalue weighted by molar-refractivity contribution is 5.49. The Morgan fingerprint density at radius 1 is 1.46 bits per heavy atom. The van der Waals surface area contributed by atoms with E-state index in [2.05, 4.69) is 4.90 Å². The molecule has 0 radical (unpaired) electrons. The third-order valence-corrected chi connectivity index (χ3v) is 2.48. The number of hydrogen-bond acceptors (Lipinski definition) is 3. The number of nitrogens with two attached hydrogens (primary N) is 1. The van der Waals surface area contributed by atoms with Gasteiger partial charge in [-0.05, 0) is 6.07 Å². The number of nitrogens with zero attached hydrogens (tertiary/aromatic N) is 2. The monoisotopic (exact) mass is 179 g/mol. The second kappa shape index (κ2) is 2.88. The van der Waals surface area contributed by atoms with E-state index in [4.69, 9.17) is 5.73 Å². The van der Waals surface area contributed by atoms with Crippen LogP contribution >= 0.6 is 0 Å². The first-order chi connectivity index (χ1) is 6.24. The molecule has 0 unspecified atom stereocenters. The van der Waals surface area contributed by atoms with E-state index in [1.165, 1.54) is 0 Å². The number of pyridine rings is 1. The minimum absolute atomic E-state index is 0.0663. The van der Waals surface area contributed by atoms with Gasteiger partial charge >= 0.3 is 0 Å². The topological polar surface area (TPSA) is 51.3 Å². The van der Waals surface area contributed by atoms with Crippen molar-refractivity contribution in [3.63, 3.8) is 0 Å². The highest BCUT2D eigenvalue weighted by Gasteiger charge is 2.18. The largest absolute Gasteiger partial charge is 0.359 e. The van der Waals surface area contributed by atoms with Crippen molar-refractivity contribution in [1.82, 2.24) is 4.57 Å². The average Bonchev–Trinajstić information content (AvgIpc) is 2.51. The zero-order valence-corrected chi connectivity index (χ0v) is 7.66. The van der Waals surface area contributed by atoms with Crippen molar-refractivity contribution in [2.24, 2.45) is 5.73 Å². The van der Waals surface area contributed by atoms with Gasteiger partial charge in [0, 0.05) is 38.3 Å². The van der Waals surface area contributed by atoms with Crippen molar-refractivity contribution >= 4 is 5.82 Å². The van der Waals surface area contributed by atoms with E-state index in [0.29, 0.717) is 6.54 Å². The second-order valence-electron chi connectivity index (χ2n) is 3.30. The van der Waals surface area contributed by atoms with Crippen molar-refractivity contribution < 1.29 is 0 Å². The normalized spacial score (nSPS) is 14.8. The summed E-state index contributed by atoms with van der Waals surface area (Å²) in [6.07, 6.45) is 0. The van der Waals surface area contributed by atoms with Gasteiger partial charge in [0.15, 0.2) is 0 Å². The fraction of sp³-hybridized carbons (Fsp3) is 0.444. The predicted octanol–water partition coefficient (Wildman–Crippen LogP) is -0.243. The van der Waals surface area contributed by atoms with Crippen molar-refractivity contribution in [3.05, 3.63) is 28.0 Å². The van der Waals surface area contributed by atoms with Gasteiger partial charge in [-0.25, -0.2) is 0 Å². The highest BCUT2D eigenvalue weighted by atomic mass is 16.1. The van der Waals surface area contributed by atoms with Crippen LogP contribution in [0, 0.1) is 0 Å². The van der Waals surface area contributed by atoms with E-state index in [9.17, 15) is 4.79 Å². The van der Waals surface area contributed by atoms with Crippen LogP contribution in [0.5, 0.6) is 0 Å². The lowest BCUT2D eigenvalue weighted by Crippen LogP contribution is -2.20. The van der Waals surface area contributed by atoms with E-state index in [1.54, 1.807) is 10.6 Å². The maximum Gasteiger partial charge on any atom is 0.252 e. The maximum atomic E-state index is 11.4. The van der Waals surface area contributed by atoms with Gasteiger partial charge in [-0.1, -0.05) is 0 Å². The van der Waals surface area contributed by atoms with Crippen LogP contribution in [0.4, 0.5) is 5.82 Å². The zero-order valence-electron chi connectivity index (χ0n) is 7.66. The van der Waals surface area contributed by atoms with Gasteiger partial charge in [0.2, 0.25) is 0 Å². The molecule has 1 aliphatic rings. The highest BCUT2D eigenvalue weighted by Crippen LogP contribution is 2.21. The predicted molar refractivity (Wildman–Crippen MR) is 51.9 cm³/mol. The Kier molecular flexibility index (Phi) is 1.84. The summed E-state index contributed by atoms with van der Waals surface area (Å²) in [6.45, 7) is 2.16. The quantitative estimate of drug-likeness (QED) is 0.647. The zero-order chi connectivity index (χ0) is 9.42. The van der Waals surface area contributed by atoms with E-state index < -0.39 is 0 Å². The standard InChI is InChI=1S/C9H13N3O/c1-11-4-5-12-8(13)3-2-7(6-10)9(11)12/h2-3H,4-6,10H2,1H3. The van der Waals surface area contributed by atoms with Crippen LogP contribution in [0.2, 0.25) is 0 Å². The molecule has 70 valence electrons. The molecule has 0 amide bonds. The van der Waals surface area contributed by atoms with Gasteiger partial charge in [-0.15, -0.1) is 0 Å². The molecule has 2 rings (SSSR count). The SMILES string of the molecule is CN1CCn2c1c(CN)ccc2=O. The van der Waals surface area contributed by atoms with Crippen molar-refractivity contribution in [3.8, 4) is 0 Å². The lowest BCUT2D eigenvalue weighted by Gasteiger charge is -2.14. The Labute approximate surface area is 76.6 Å². The summed E-state index contributed by atoms with van der Waals surface area (Å²) in [7, 11) is 1.98. The van der Waals surface area contributed by atoms with Crippen molar-refractivity contribution in [2.45, 2.75) is 13.1 Å². The van der Waals surface area contributed by atoms with Crippen molar-refractivity contribution in [1.29, 1.82) is 0 Å².